The van der Waals surface area contributed by atoms with E-state index in [4.69, 9.17) is 9.47 Å². The van der Waals surface area contributed by atoms with Crippen LogP contribution >= 0.6 is 0 Å². The number of aliphatic hydroxyl groups excluding tert-OH is 1. The largest absolute Gasteiger partial charge is 0.491 e. The molecular formula is C16H20N2O6. The molecule has 1 unspecified atom stereocenters. The minimum atomic E-state index is -1.01. The molecule has 1 N–H and O–H groups in total. The minimum Gasteiger partial charge on any atom is -0.491 e. The predicted octanol–water partition coefficient (Wildman–Crippen LogP) is 0.497. The highest BCUT2D eigenvalue weighted by atomic mass is 16.5. The van der Waals surface area contributed by atoms with Crippen LogP contribution in [-0.2, 0) is 9.53 Å². The number of urea groups is 1. The molecule has 1 saturated heterocycles. The summed E-state index contributed by atoms with van der Waals surface area (Å²) in [4.78, 5) is 37.1. The number of nitrogens with zero attached hydrogens (tertiary/aromatic N) is 2. The Kier molecular flexibility index (Phi) is 5.75. The van der Waals surface area contributed by atoms with Crippen LogP contribution in [-0.4, -0.2) is 72.3 Å². The molecule has 1 atom stereocenters. The lowest BCUT2D eigenvalue weighted by Crippen LogP contribution is -2.40. The number of amides is 3. The van der Waals surface area contributed by atoms with Crippen LogP contribution in [0.4, 0.5) is 4.79 Å². The van der Waals surface area contributed by atoms with E-state index < -0.39 is 18.1 Å². The Balaban J connectivity index is 1.83. The summed E-state index contributed by atoms with van der Waals surface area (Å²) >= 11 is 0. The van der Waals surface area contributed by atoms with E-state index in [1.54, 1.807) is 31.2 Å². The maximum atomic E-state index is 11.7. The number of benzene rings is 1. The van der Waals surface area contributed by atoms with Crippen LogP contribution in [0.5, 0.6) is 5.75 Å². The Morgan fingerprint density at radius 2 is 1.96 bits per heavy atom. The summed E-state index contributed by atoms with van der Waals surface area (Å²) in [5, 5.41) is 9.94. The molecule has 0 aromatic heterocycles. The highest BCUT2D eigenvalue weighted by Gasteiger charge is 2.34. The first-order valence-electron chi connectivity index (χ1n) is 7.56. The number of aliphatic hydroxyl groups is 1. The number of rotatable bonds is 7. The molecule has 2 rings (SSSR count). The van der Waals surface area contributed by atoms with E-state index in [-0.39, 0.29) is 25.6 Å². The van der Waals surface area contributed by atoms with Crippen LogP contribution in [0.15, 0.2) is 24.3 Å². The number of likely N-dealkylation sites (N-methyl/N-ethyl adjacent to an activating group) is 1. The van der Waals surface area contributed by atoms with Crippen LogP contribution in [0.3, 0.4) is 0 Å². The maximum absolute atomic E-state index is 11.7. The van der Waals surface area contributed by atoms with E-state index in [1.807, 2.05) is 0 Å². The topological polar surface area (TPSA) is 96.4 Å². The quantitative estimate of drug-likeness (QED) is 0.575. The number of hydrogen-bond acceptors (Lipinski definition) is 6. The third-order valence-electron chi connectivity index (χ3n) is 3.43. The van der Waals surface area contributed by atoms with Crippen molar-refractivity contribution in [2.75, 3.05) is 33.4 Å². The molecule has 0 spiro atoms. The van der Waals surface area contributed by atoms with E-state index in [9.17, 15) is 19.5 Å². The number of carbonyl (C=O) groups is 3. The van der Waals surface area contributed by atoms with Gasteiger partial charge in [0.2, 0.25) is 5.91 Å². The lowest BCUT2D eigenvalue weighted by Gasteiger charge is -2.18. The van der Waals surface area contributed by atoms with Gasteiger partial charge < -0.3 is 19.5 Å². The van der Waals surface area contributed by atoms with Crippen molar-refractivity contribution in [2.45, 2.75) is 13.0 Å². The zero-order valence-electron chi connectivity index (χ0n) is 13.6. The van der Waals surface area contributed by atoms with Gasteiger partial charge in [0.15, 0.2) is 0 Å². The lowest BCUT2D eigenvalue weighted by atomic mass is 10.2. The molecule has 0 saturated carbocycles. The third-order valence-corrected chi connectivity index (χ3v) is 3.43. The maximum Gasteiger partial charge on any atom is 0.338 e. The highest BCUT2D eigenvalue weighted by molar-refractivity contribution is 6.01. The summed E-state index contributed by atoms with van der Waals surface area (Å²) in [6.45, 7) is 1.83. The fourth-order valence-corrected chi connectivity index (χ4v) is 2.21. The SMILES string of the molecule is CCOC(=O)c1ccc(OCC(O)CN2C(=O)CN(C)C2=O)cc1. The number of β-amino-alcohol motifs (C(OH)–C–C–N with tert-alkyl or cyclic N) is 1. The zero-order valence-corrected chi connectivity index (χ0v) is 13.6. The summed E-state index contributed by atoms with van der Waals surface area (Å²) in [5.74, 6) is -0.308. The Morgan fingerprint density at radius 3 is 2.50 bits per heavy atom. The van der Waals surface area contributed by atoms with Crippen LogP contribution in [0, 0.1) is 0 Å². The summed E-state index contributed by atoms with van der Waals surface area (Å²) < 4.78 is 10.3. The molecule has 1 aromatic carbocycles. The Labute approximate surface area is 139 Å². The van der Waals surface area contributed by atoms with E-state index in [2.05, 4.69) is 0 Å². The second kappa shape index (κ2) is 7.78. The van der Waals surface area contributed by atoms with Crippen LogP contribution in [0.25, 0.3) is 0 Å². The van der Waals surface area contributed by atoms with Gasteiger partial charge in [-0.2, -0.15) is 0 Å². The number of hydrogen-bond donors (Lipinski definition) is 1. The number of imide groups is 1. The molecule has 0 radical (unpaired) electrons. The van der Waals surface area contributed by atoms with Gasteiger partial charge in [-0.05, 0) is 31.2 Å². The molecular weight excluding hydrogens is 316 g/mol. The van der Waals surface area contributed by atoms with Gasteiger partial charge in [-0.25, -0.2) is 9.59 Å². The Morgan fingerprint density at radius 1 is 1.29 bits per heavy atom. The van der Waals surface area contributed by atoms with Gasteiger partial charge >= 0.3 is 12.0 Å². The highest BCUT2D eigenvalue weighted by Crippen LogP contribution is 2.14. The molecule has 8 nitrogen and oxygen atoms in total. The van der Waals surface area contributed by atoms with Crippen molar-refractivity contribution < 1.29 is 29.0 Å². The first-order chi connectivity index (χ1) is 11.4. The predicted molar refractivity (Wildman–Crippen MR) is 83.6 cm³/mol. The van der Waals surface area contributed by atoms with E-state index in [1.165, 1.54) is 11.9 Å². The normalized spacial score (nSPS) is 15.6. The molecule has 0 bridgehead atoms. The second-order valence-electron chi connectivity index (χ2n) is 5.35. The molecule has 3 amide bonds. The number of ether oxygens (including phenoxy) is 2. The van der Waals surface area contributed by atoms with E-state index in [0.29, 0.717) is 17.9 Å². The summed E-state index contributed by atoms with van der Waals surface area (Å²) in [7, 11) is 1.52. The van der Waals surface area contributed by atoms with Crippen molar-refractivity contribution in [2.24, 2.45) is 0 Å². The summed E-state index contributed by atoms with van der Waals surface area (Å²) in [5.41, 5.74) is 0.404. The lowest BCUT2D eigenvalue weighted by molar-refractivity contribution is -0.126. The van der Waals surface area contributed by atoms with Crippen molar-refractivity contribution in [3.05, 3.63) is 29.8 Å². The first-order valence-corrected chi connectivity index (χ1v) is 7.56. The third kappa shape index (κ3) is 4.23. The Hall–Kier alpha value is -2.61. The first kappa shape index (κ1) is 17.7. The average molecular weight is 336 g/mol. The molecule has 130 valence electrons. The van der Waals surface area contributed by atoms with Crippen LogP contribution in [0.1, 0.15) is 17.3 Å². The second-order valence-corrected chi connectivity index (χ2v) is 5.35. The number of esters is 1. The molecule has 8 heteroatoms. The van der Waals surface area contributed by atoms with Crippen LogP contribution < -0.4 is 4.74 Å². The summed E-state index contributed by atoms with van der Waals surface area (Å²) in [6, 6.07) is 5.85. The van der Waals surface area contributed by atoms with Crippen molar-refractivity contribution in [3.63, 3.8) is 0 Å². The van der Waals surface area contributed by atoms with Crippen molar-refractivity contribution >= 4 is 17.9 Å². The molecule has 1 aliphatic rings. The van der Waals surface area contributed by atoms with E-state index >= 15 is 0 Å². The van der Waals surface area contributed by atoms with Crippen molar-refractivity contribution in [3.8, 4) is 5.75 Å². The van der Waals surface area contributed by atoms with Gasteiger partial charge in [-0.1, -0.05) is 0 Å². The average Bonchev–Trinajstić information content (AvgIpc) is 2.80. The van der Waals surface area contributed by atoms with E-state index in [0.717, 1.165) is 4.90 Å². The van der Waals surface area contributed by atoms with Gasteiger partial charge in [-0.15, -0.1) is 0 Å². The van der Waals surface area contributed by atoms with Gasteiger partial charge in [0.25, 0.3) is 0 Å². The van der Waals surface area contributed by atoms with Gasteiger partial charge in [0, 0.05) is 7.05 Å². The van der Waals surface area contributed by atoms with Gasteiger partial charge in [0.1, 0.15) is 25.0 Å². The number of carbonyl (C=O) groups excluding carboxylic acids is 3. The zero-order chi connectivity index (χ0) is 17.7. The molecule has 1 aromatic rings. The van der Waals surface area contributed by atoms with Crippen LogP contribution in [0.2, 0.25) is 0 Å². The van der Waals surface area contributed by atoms with Gasteiger partial charge in [0.05, 0.1) is 18.7 Å². The fraction of sp³-hybridized carbons (Fsp3) is 0.438. The standard InChI is InChI=1S/C16H20N2O6/c1-3-23-15(21)11-4-6-13(7-5-11)24-10-12(19)8-18-14(20)9-17(2)16(18)22/h4-7,12,19H,3,8-10H2,1-2H3. The monoisotopic (exact) mass is 336 g/mol. The minimum absolute atomic E-state index is 0.0156. The summed E-state index contributed by atoms with van der Waals surface area (Å²) in [6.07, 6.45) is -1.01. The smallest absolute Gasteiger partial charge is 0.338 e. The fourth-order valence-electron chi connectivity index (χ4n) is 2.21. The van der Waals surface area contributed by atoms with Crippen molar-refractivity contribution in [1.29, 1.82) is 0 Å². The van der Waals surface area contributed by atoms with Gasteiger partial charge in [-0.3, -0.25) is 9.69 Å². The molecule has 24 heavy (non-hydrogen) atoms. The Bertz CT molecular complexity index is 615. The molecule has 1 aliphatic heterocycles. The van der Waals surface area contributed by atoms with Crippen molar-refractivity contribution in [1.82, 2.24) is 9.80 Å². The molecule has 1 fully saturated rings. The molecule has 0 aliphatic carbocycles. The molecule has 1 heterocycles.